The average Bonchev–Trinajstić information content (AvgIpc) is 3.73. The second-order valence-electron chi connectivity index (χ2n) is 12.4. The van der Waals surface area contributed by atoms with Crippen molar-refractivity contribution in [1.29, 1.82) is 0 Å². The van der Waals surface area contributed by atoms with Crippen LogP contribution in [0.3, 0.4) is 0 Å². The maximum atomic E-state index is 5.46. The zero-order chi connectivity index (χ0) is 31.6. The smallest absolute Gasteiger partial charge is 0.145 e. The number of hydrogen-bond donors (Lipinski definition) is 0. The van der Waals surface area contributed by atoms with Crippen molar-refractivity contribution in [2.75, 3.05) is 0 Å². The standard InChI is InChI=1S/C45H29N3/c1-3-15-30(16-4-1)45-46-43-37-23-9-7-20-34(37)35-21-8-10-24-38(35)44(43)48(45)40-25-13-11-19-33(40)31-27-28-42-39(29-31)36-22-12-14-26-41(36)47(42)32-17-5-2-6-18-32/h1-29H. The zero-order valence-electron chi connectivity index (χ0n) is 26.1. The summed E-state index contributed by atoms with van der Waals surface area (Å²) in [6.07, 6.45) is 0. The third-order valence-electron chi connectivity index (χ3n) is 9.71. The Kier molecular flexibility index (Phi) is 5.87. The van der Waals surface area contributed by atoms with Crippen molar-refractivity contribution in [3.63, 3.8) is 0 Å². The van der Waals surface area contributed by atoms with Crippen LogP contribution in [0.4, 0.5) is 0 Å². The first kappa shape index (κ1) is 26.7. The van der Waals surface area contributed by atoms with Crippen LogP contribution in [-0.2, 0) is 0 Å². The first-order chi connectivity index (χ1) is 23.8. The number of hydrogen-bond acceptors (Lipinski definition) is 1. The van der Waals surface area contributed by atoms with Gasteiger partial charge < -0.3 is 4.57 Å². The highest BCUT2D eigenvalue weighted by Gasteiger charge is 2.22. The topological polar surface area (TPSA) is 22.8 Å². The summed E-state index contributed by atoms with van der Waals surface area (Å²) in [7, 11) is 0. The molecule has 0 aliphatic rings. The van der Waals surface area contributed by atoms with Crippen LogP contribution in [0.2, 0.25) is 0 Å². The van der Waals surface area contributed by atoms with Gasteiger partial charge in [-0.3, -0.25) is 4.57 Å². The normalized spacial score (nSPS) is 11.8. The molecule has 0 atom stereocenters. The third-order valence-corrected chi connectivity index (χ3v) is 9.71. The number of para-hydroxylation sites is 3. The Morgan fingerprint density at radius 2 is 0.958 bits per heavy atom. The monoisotopic (exact) mass is 611 g/mol. The molecule has 0 unspecified atom stereocenters. The maximum absolute atomic E-state index is 5.46. The van der Waals surface area contributed by atoms with Gasteiger partial charge in [0.1, 0.15) is 5.82 Å². The Morgan fingerprint density at radius 1 is 0.375 bits per heavy atom. The van der Waals surface area contributed by atoms with Gasteiger partial charge in [-0.1, -0.05) is 140 Å². The first-order valence-corrected chi connectivity index (χ1v) is 16.4. The van der Waals surface area contributed by atoms with Crippen LogP contribution >= 0.6 is 0 Å². The van der Waals surface area contributed by atoms with Crippen LogP contribution in [0.25, 0.3) is 88.3 Å². The van der Waals surface area contributed by atoms with Gasteiger partial charge in [0, 0.05) is 38.4 Å². The SMILES string of the molecule is c1ccc(-c2nc3c4ccccc4c4ccccc4c3n2-c2ccccc2-c2ccc3c(c2)c2ccccc2n3-c2ccccc2)cc1. The fourth-order valence-electron chi connectivity index (χ4n) is 7.63. The van der Waals surface area contributed by atoms with Gasteiger partial charge in [-0.2, -0.15) is 0 Å². The highest BCUT2D eigenvalue weighted by Crippen LogP contribution is 2.42. The second kappa shape index (κ2) is 10.5. The van der Waals surface area contributed by atoms with Crippen LogP contribution in [0.15, 0.2) is 176 Å². The number of rotatable bonds is 4. The molecule has 10 rings (SSSR count). The van der Waals surface area contributed by atoms with E-state index in [1.807, 2.05) is 0 Å². The van der Waals surface area contributed by atoms with Gasteiger partial charge in [0.05, 0.1) is 27.8 Å². The summed E-state index contributed by atoms with van der Waals surface area (Å²) in [5, 5.41) is 7.28. The fraction of sp³-hybridized carbons (Fsp3) is 0. The summed E-state index contributed by atoms with van der Waals surface area (Å²) in [6.45, 7) is 0. The van der Waals surface area contributed by atoms with E-state index in [0.29, 0.717) is 0 Å². The van der Waals surface area contributed by atoms with E-state index in [1.54, 1.807) is 0 Å². The molecule has 0 aliphatic heterocycles. The molecule has 224 valence electrons. The molecule has 3 heteroatoms. The highest BCUT2D eigenvalue weighted by molar-refractivity contribution is 6.24. The molecule has 0 bridgehead atoms. The highest BCUT2D eigenvalue weighted by atomic mass is 15.1. The van der Waals surface area contributed by atoms with Gasteiger partial charge in [0.2, 0.25) is 0 Å². The van der Waals surface area contributed by atoms with E-state index in [1.165, 1.54) is 43.5 Å². The van der Waals surface area contributed by atoms with E-state index in [-0.39, 0.29) is 0 Å². The largest absolute Gasteiger partial charge is 0.309 e. The molecule has 2 heterocycles. The minimum absolute atomic E-state index is 0.932. The van der Waals surface area contributed by atoms with Crippen molar-refractivity contribution < 1.29 is 0 Å². The number of nitrogens with zero attached hydrogens (tertiary/aromatic N) is 3. The molecule has 0 spiro atoms. The van der Waals surface area contributed by atoms with Crippen LogP contribution < -0.4 is 0 Å². The van der Waals surface area contributed by atoms with Gasteiger partial charge >= 0.3 is 0 Å². The lowest BCUT2D eigenvalue weighted by Crippen LogP contribution is -2.01. The number of imidazole rings is 1. The second-order valence-corrected chi connectivity index (χ2v) is 12.4. The lowest BCUT2D eigenvalue weighted by atomic mass is 9.98. The number of benzene rings is 8. The third kappa shape index (κ3) is 3.91. The van der Waals surface area contributed by atoms with Crippen molar-refractivity contribution >= 4 is 54.4 Å². The van der Waals surface area contributed by atoms with Crippen molar-refractivity contribution in [1.82, 2.24) is 14.1 Å². The molecule has 10 aromatic rings. The molecule has 0 amide bonds. The van der Waals surface area contributed by atoms with Gasteiger partial charge in [-0.25, -0.2) is 4.98 Å². The number of fused-ring (bicyclic) bond motifs is 9. The predicted molar refractivity (Wildman–Crippen MR) is 201 cm³/mol. The molecule has 48 heavy (non-hydrogen) atoms. The molecule has 3 nitrogen and oxygen atoms in total. The summed E-state index contributed by atoms with van der Waals surface area (Å²) in [6, 6.07) is 63.0. The Hall–Kier alpha value is -6.45. The van der Waals surface area contributed by atoms with Crippen LogP contribution in [0, 0.1) is 0 Å². The molecule has 0 saturated carbocycles. The van der Waals surface area contributed by atoms with Gasteiger partial charge in [0.25, 0.3) is 0 Å². The molecule has 0 radical (unpaired) electrons. The van der Waals surface area contributed by atoms with Crippen LogP contribution in [0.1, 0.15) is 0 Å². The van der Waals surface area contributed by atoms with Gasteiger partial charge in [0.15, 0.2) is 0 Å². The Morgan fingerprint density at radius 3 is 1.75 bits per heavy atom. The Bertz CT molecular complexity index is 2820. The zero-order valence-corrected chi connectivity index (χ0v) is 26.1. The molecule has 2 aromatic heterocycles. The minimum Gasteiger partial charge on any atom is -0.309 e. The van der Waals surface area contributed by atoms with Gasteiger partial charge in [-0.15, -0.1) is 0 Å². The molecule has 0 aliphatic carbocycles. The van der Waals surface area contributed by atoms with E-state index in [9.17, 15) is 0 Å². The first-order valence-electron chi connectivity index (χ1n) is 16.4. The van der Waals surface area contributed by atoms with Gasteiger partial charge in [-0.05, 0) is 52.7 Å². The van der Waals surface area contributed by atoms with Crippen LogP contribution in [-0.4, -0.2) is 14.1 Å². The Labute approximate surface area is 277 Å². The summed E-state index contributed by atoms with van der Waals surface area (Å²) in [5.74, 6) is 0.932. The average molecular weight is 612 g/mol. The quantitative estimate of drug-likeness (QED) is 0.182. The fourth-order valence-corrected chi connectivity index (χ4v) is 7.63. The Balaban J connectivity index is 1.30. The molecular formula is C45H29N3. The molecule has 0 N–H and O–H groups in total. The van der Waals surface area contributed by atoms with E-state index in [2.05, 4.69) is 185 Å². The predicted octanol–water partition coefficient (Wildman–Crippen LogP) is 11.8. The lowest BCUT2D eigenvalue weighted by Gasteiger charge is -2.16. The van der Waals surface area contributed by atoms with E-state index in [0.717, 1.165) is 44.7 Å². The molecular weight excluding hydrogens is 583 g/mol. The molecule has 0 fully saturated rings. The summed E-state index contributed by atoms with van der Waals surface area (Å²) >= 11 is 0. The lowest BCUT2D eigenvalue weighted by molar-refractivity contribution is 1.11. The van der Waals surface area contributed by atoms with Crippen molar-refractivity contribution in [2.45, 2.75) is 0 Å². The molecule has 8 aromatic carbocycles. The van der Waals surface area contributed by atoms with Crippen molar-refractivity contribution in [2.24, 2.45) is 0 Å². The van der Waals surface area contributed by atoms with Crippen molar-refractivity contribution in [3.8, 4) is 33.9 Å². The summed E-state index contributed by atoms with van der Waals surface area (Å²) in [5.41, 5.74) is 10.2. The van der Waals surface area contributed by atoms with E-state index < -0.39 is 0 Å². The summed E-state index contributed by atoms with van der Waals surface area (Å²) in [4.78, 5) is 5.46. The van der Waals surface area contributed by atoms with Crippen LogP contribution in [0.5, 0.6) is 0 Å². The molecule has 0 saturated heterocycles. The summed E-state index contributed by atoms with van der Waals surface area (Å²) < 4.78 is 4.76. The minimum atomic E-state index is 0.932. The maximum Gasteiger partial charge on any atom is 0.145 e. The van der Waals surface area contributed by atoms with E-state index >= 15 is 0 Å². The number of aromatic nitrogens is 3. The van der Waals surface area contributed by atoms with E-state index in [4.69, 9.17) is 4.98 Å². The van der Waals surface area contributed by atoms with Crippen molar-refractivity contribution in [3.05, 3.63) is 176 Å².